The van der Waals surface area contributed by atoms with E-state index in [2.05, 4.69) is 4.98 Å². The Balaban J connectivity index is 1.63. The van der Waals surface area contributed by atoms with Crippen LogP contribution in [-0.4, -0.2) is 37.6 Å². The van der Waals surface area contributed by atoms with Gasteiger partial charge >= 0.3 is 0 Å². The average Bonchev–Trinajstić information content (AvgIpc) is 2.95. The third-order valence-corrected chi connectivity index (χ3v) is 5.63. The van der Waals surface area contributed by atoms with Gasteiger partial charge in [0.25, 0.3) is 0 Å². The molecule has 0 spiro atoms. The van der Waals surface area contributed by atoms with E-state index in [1.165, 1.54) is 12.1 Å². The van der Waals surface area contributed by atoms with Crippen LogP contribution in [0.25, 0.3) is 10.9 Å². The van der Waals surface area contributed by atoms with Crippen LogP contribution in [0.4, 0.5) is 4.39 Å². The van der Waals surface area contributed by atoms with Crippen LogP contribution in [0.1, 0.15) is 5.69 Å². The van der Waals surface area contributed by atoms with Crippen LogP contribution < -0.4 is 0 Å². The molecule has 0 saturated carbocycles. The lowest BCUT2D eigenvalue weighted by Crippen LogP contribution is -2.25. The fourth-order valence-electron chi connectivity index (χ4n) is 2.64. The highest BCUT2D eigenvalue weighted by Gasteiger charge is 2.15. The minimum absolute atomic E-state index is 0.0579. The zero-order valence-electron chi connectivity index (χ0n) is 13.4. The number of fused-ring (bicyclic) bond motifs is 1. The molecular formula is C18H19FN2O2S. The number of hydrogen-bond acceptors (Lipinski definition) is 3. The first kappa shape index (κ1) is 16.7. The third-order valence-electron chi connectivity index (χ3n) is 3.92. The van der Waals surface area contributed by atoms with E-state index < -0.39 is 9.84 Å². The van der Waals surface area contributed by atoms with Crippen molar-refractivity contribution in [1.82, 2.24) is 9.88 Å². The van der Waals surface area contributed by atoms with Crippen molar-refractivity contribution in [2.45, 2.75) is 11.4 Å². The molecule has 0 saturated heterocycles. The van der Waals surface area contributed by atoms with E-state index in [0.717, 1.165) is 16.6 Å². The lowest BCUT2D eigenvalue weighted by Gasteiger charge is -2.15. The monoisotopic (exact) mass is 346 g/mol. The Morgan fingerprint density at radius 3 is 2.58 bits per heavy atom. The first-order valence-corrected chi connectivity index (χ1v) is 9.33. The number of aromatic nitrogens is 1. The molecule has 0 unspecified atom stereocenters. The molecule has 0 aliphatic rings. The summed E-state index contributed by atoms with van der Waals surface area (Å²) in [6.45, 7) is 0.988. The normalized spacial score (nSPS) is 12.1. The van der Waals surface area contributed by atoms with Crippen molar-refractivity contribution >= 4 is 20.7 Å². The average molecular weight is 346 g/mol. The molecule has 0 atom stereocenters. The molecule has 24 heavy (non-hydrogen) atoms. The quantitative estimate of drug-likeness (QED) is 0.746. The SMILES string of the molecule is CN(CCS(=O)(=O)c1ccccc1)Cc1cc2cc(F)ccc2[nH]1. The Bertz CT molecular complexity index is 936. The molecule has 3 aromatic rings. The molecule has 0 amide bonds. The van der Waals surface area contributed by atoms with Crippen LogP contribution in [0.2, 0.25) is 0 Å². The minimum Gasteiger partial charge on any atom is -0.357 e. The van der Waals surface area contributed by atoms with Gasteiger partial charge in [-0.2, -0.15) is 0 Å². The van der Waals surface area contributed by atoms with Gasteiger partial charge in [0, 0.05) is 29.7 Å². The maximum Gasteiger partial charge on any atom is 0.179 e. The standard InChI is InChI=1S/C18H19FN2O2S/c1-21(9-10-24(22,23)17-5-3-2-4-6-17)13-16-12-14-11-15(19)7-8-18(14)20-16/h2-8,11-12,20H,9-10,13H2,1H3. The summed E-state index contributed by atoms with van der Waals surface area (Å²) >= 11 is 0. The number of rotatable bonds is 6. The summed E-state index contributed by atoms with van der Waals surface area (Å²) in [4.78, 5) is 5.50. The molecule has 4 nitrogen and oxygen atoms in total. The molecule has 2 aromatic carbocycles. The molecule has 3 rings (SSSR count). The van der Waals surface area contributed by atoms with Gasteiger partial charge in [0.05, 0.1) is 10.6 Å². The van der Waals surface area contributed by atoms with Crippen LogP contribution >= 0.6 is 0 Å². The summed E-state index contributed by atoms with van der Waals surface area (Å²) in [6.07, 6.45) is 0. The second-order valence-corrected chi connectivity index (χ2v) is 8.01. The zero-order chi connectivity index (χ0) is 17.2. The molecule has 0 radical (unpaired) electrons. The molecule has 0 bridgehead atoms. The Morgan fingerprint density at radius 1 is 1.08 bits per heavy atom. The van der Waals surface area contributed by atoms with Crippen molar-refractivity contribution in [3.63, 3.8) is 0 Å². The van der Waals surface area contributed by atoms with Crippen LogP contribution in [0.5, 0.6) is 0 Å². The van der Waals surface area contributed by atoms with Gasteiger partial charge in [-0.1, -0.05) is 18.2 Å². The van der Waals surface area contributed by atoms with E-state index >= 15 is 0 Å². The smallest absolute Gasteiger partial charge is 0.179 e. The molecule has 6 heteroatoms. The summed E-state index contributed by atoms with van der Waals surface area (Å²) in [7, 11) is -1.41. The molecule has 1 N–H and O–H groups in total. The first-order valence-electron chi connectivity index (χ1n) is 7.67. The summed E-state index contributed by atoms with van der Waals surface area (Å²) in [6, 6.07) is 15.0. The van der Waals surface area contributed by atoms with Crippen molar-refractivity contribution in [2.24, 2.45) is 0 Å². The molecule has 126 valence electrons. The number of aromatic amines is 1. The highest BCUT2D eigenvalue weighted by molar-refractivity contribution is 7.91. The van der Waals surface area contributed by atoms with E-state index in [9.17, 15) is 12.8 Å². The van der Waals surface area contributed by atoms with Crippen molar-refractivity contribution in [3.8, 4) is 0 Å². The maximum absolute atomic E-state index is 13.2. The third kappa shape index (κ3) is 3.83. The highest BCUT2D eigenvalue weighted by Crippen LogP contribution is 2.18. The summed E-state index contributed by atoms with van der Waals surface area (Å²) in [5.74, 6) is -0.210. The van der Waals surface area contributed by atoms with Crippen LogP contribution in [0.15, 0.2) is 59.5 Å². The Morgan fingerprint density at radius 2 is 1.83 bits per heavy atom. The molecule has 1 heterocycles. The second kappa shape index (κ2) is 6.75. The number of H-pyrrole nitrogens is 1. The van der Waals surface area contributed by atoms with Gasteiger partial charge in [-0.25, -0.2) is 12.8 Å². The number of nitrogens with zero attached hydrogens (tertiary/aromatic N) is 1. The lowest BCUT2D eigenvalue weighted by molar-refractivity contribution is 0.342. The van der Waals surface area contributed by atoms with Crippen LogP contribution in [0.3, 0.4) is 0 Å². The van der Waals surface area contributed by atoms with E-state index in [-0.39, 0.29) is 11.6 Å². The van der Waals surface area contributed by atoms with E-state index in [1.807, 2.05) is 18.0 Å². The van der Waals surface area contributed by atoms with Gasteiger partial charge in [0.2, 0.25) is 0 Å². The van der Waals surface area contributed by atoms with Gasteiger partial charge in [-0.3, -0.25) is 4.90 Å². The van der Waals surface area contributed by atoms with E-state index in [4.69, 9.17) is 0 Å². The number of halogens is 1. The molecule has 0 aliphatic heterocycles. The molecular weight excluding hydrogens is 327 g/mol. The van der Waals surface area contributed by atoms with Crippen molar-refractivity contribution < 1.29 is 12.8 Å². The molecule has 0 aliphatic carbocycles. The van der Waals surface area contributed by atoms with Crippen LogP contribution in [-0.2, 0) is 16.4 Å². The number of benzene rings is 2. The highest BCUT2D eigenvalue weighted by atomic mass is 32.2. The van der Waals surface area contributed by atoms with Gasteiger partial charge in [-0.05, 0) is 43.4 Å². The van der Waals surface area contributed by atoms with Gasteiger partial charge in [0.1, 0.15) is 5.82 Å². The first-order chi connectivity index (χ1) is 11.4. The summed E-state index contributed by atoms with van der Waals surface area (Å²) < 4.78 is 37.8. The predicted molar refractivity (Wildman–Crippen MR) is 93.1 cm³/mol. The summed E-state index contributed by atoms with van der Waals surface area (Å²) in [5, 5.41) is 0.815. The largest absolute Gasteiger partial charge is 0.357 e. The van der Waals surface area contributed by atoms with Crippen molar-refractivity contribution in [3.05, 3.63) is 66.1 Å². The van der Waals surface area contributed by atoms with Gasteiger partial charge in [0.15, 0.2) is 9.84 Å². The number of nitrogens with one attached hydrogen (secondary N) is 1. The second-order valence-electron chi connectivity index (χ2n) is 5.90. The zero-order valence-corrected chi connectivity index (χ0v) is 14.2. The topological polar surface area (TPSA) is 53.2 Å². The van der Waals surface area contributed by atoms with Gasteiger partial charge < -0.3 is 4.98 Å². The Kier molecular flexibility index (Phi) is 4.69. The lowest BCUT2D eigenvalue weighted by atomic mass is 10.2. The van der Waals surface area contributed by atoms with E-state index in [0.29, 0.717) is 18.0 Å². The maximum atomic E-state index is 13.2. The van der Waals surface area contributed by atoms with Crippen molar-refractivity contribution in [2.75, 3.05) is 19.3 Å². The predicted octanol–water partition coefficient (Wildman–Crippen LogP) is 3.21. The van der Waals surface area contributed by atoms with Gasteiger partial charge in [-0.15, -0.1) is 0 Å². The molecule has 0 fully saturated rings. The summed E-state index contributed by atoms with van der Waals surface area (Å²) in [5.41, 5.74) is 1.80. The van der Waals surface area contributed by atoms with Crippen molar-refractivity contribution in [1.29, 1.82) is 0 Å². The Labute approximate surface area is 140 Å². The number of hydrogen-bond donors (Lipinski definition) is 1. The fourth-order valence-corrected chi connectivity index (χ4v) is 4.00. The minimum atomic E-state index is -3.28. The molecule has 1 aromatic heterocycles. The number of sulfone groups is 1. The van der Waals surface area contributed by atoms with Crippen LogP contribution in [0, 0.1) is 5.82 Å². The fraction of sp³-hybridized carbons (Fsp3) is 0.222. The van der Waals surface area contributed by atoms with E-state index in [1.54, 1.807) is 36.4 Å². The Hall–Kier alpha value is -2.18.